The highest BCUT2D eigenvalue weighted by Crippen LogP contribution is 2.32. The van der Waals surface area contributed by atoms with Crippen LogP contribution < -0.4 is 0 Å². The molecule has 1 heteroatoms. The number of hydrogen-bond donors (Lipinski definition) is 0. The van der Waals surface area contributed by atoms with Gasteiger partial charge in [0, 0.05) is 0 Å². The highest BCUT2D eigenvalue weighted by Gasteiger charge is 2.17. The zero-order valence-electron chi connectivity index (χ0n) is 10.9. The molecule has 1 radical (unpaired) electrons. The van der Waals surface area contributed by atoms with Crippen molar-refractivity contribution in [1.82, 2.24) is 4.90 Å². The van der Waals surface area contributed by atoms with Crippen LogP contribution in [0.5, 0.6) is 0 Å². The topological polar surface area (TPSA) is 3.24 Å². The van der Waals surface area contributed by atoms with Crippen LogP contribution in [-0.2, 0) is 0 Å². The molecule has 0 aromatic carbocycles. The summed E-state index contributed by atoms with van der Waals surface area (Å²) in [5, 5.41) is 0. The molecular formula is C14H28N. The molecule has 1 aliphatic carbocycles. The molecule has 1 aliphatic rings. The predicted octanol–water partition coefficient (Wildman–Crippen LogP) is 3.89. The van der Waals surface area contributed by atoms with Crippen LogP contribution in [0.3, 0.4) is 0 Å². The van der Waals surface area contributed by atoms with Gasteiger partial charge in [0.05, 0.1) is 0 Å². The summed E-state index contributed by atoms with van der Waals surface area (Å²) in [4.78, 5) is 2.47. The molecule has 0 amide bonds. The summed E-state index contributed by atoms with van der Waals surface area (Å²) >= 11 is 0. The Morgan fingerprint density at radius 3 is 2.47 bits per heavy atom. The van der Waals surface area contributed by atoms with Gasteiger partial charge in [-0.2, -0.15) is 0 Å². The first kappa shape index (κ1) is 13.0. The molecule has 0 unspecified atom stereocenters. The highest BCUT2D eigenvalue weighted by atomic mass is 15.1. The van der Waals surface area contributed by atoms with Gasteiger partial charge in [-0.15, -0.1) is 0 Å². The zero-order chi connectivity index (χ0) is 11.1. The van der Waals surface area contributed by atoms with Crippen molar-refractivity contribution in [2.45, 2.75) is 58.8 Å². The van der Waals surface area contributed by atoms with E-state index in [1.165, 1.54) is 58.0 Å². The maximum Gasteiger partial charge on any atom is -0.00217 e. The minimum Gasteiger partial charge on any atom is -0.306 e. The molecule has 0 saturated heterocycles. The van der Waals surface area contributed by atoms with Gasteiger partial charge in [-0.05, 0) is 76.9 Å². The molecule has 0 bridgehead atoms. The Bertz CT molecular complexity index is 147. The standard InChI is InChI=1S/C14H28N/c1-4-11-15(3)12-5-6-14-9-7-13(2)8-10-14/h14H,4-12H2,1-3H3. The second-order valence-corrected chi connectivity index (χ2v) is 5.35. The van der Waals surface area contributed by atoms with Crippen LogP contribution in [0.25, 0.3) is 0 Å². The molecule has 1 rings (SSSR count). The summed E-state index contributed by atoms with van der Waals surface area (Å²) in [7, 11) is 2.25. The maximum atomic E-state index is 2.47. The van der Waals surface area contributed by atoms with Crippen molar-refractivity contribution in [3.05, 3.63) is 5.92 Å². The van der Waals surface area contributed by atoms with Crippen molar-refractivity contribution in [3.8, 4) is 0 Å². The van der Waals surface area contributed by atoms with Crippen molar-refractivity contribution in [1.29, 1.82) is 0 Å². The van der Waals surface area contributed by atoms with Crippen LogP contribution >= 0.6 is 0 Å². The third kappa shape index (κ3) is 5.55. The van der Waals surface area contributed by atoms with E-state index in [0.29, 0.717) is 0 Å². The molecule has 0 atom stereocenters. The molecular weight excluding hydrogens is 182 g/mol. The number of nitrogens with zero attached hydrogens (tertiary/aromatic N) is 1. The van der Waals surface area contributed by atoms with Crippen molar-refractivity contribution in [3.63, 3.8) is 0 Å². The summed E-state index contributed by atoms with van der Waals surface area (Å²) in [6.45, 7) is 7.14. The normalized spacial score (nSPS) is 20.0. The van der Waals surface area contributed by atoms with Crippen molar-refractivity contribution in [2.24, 2.45) is 5.92 Å². The maximum absolute atomic E-state index is 2.47. The Kier molecular flexibility index (Phi) is 6.31. The van der Waals surface area contributed by atoms with E-state index >= 15 is 0 Å². The Morgan fingerprint density at radius 1 is 1.20 bits per heavy atom. The van der Waals surface area contributed by atoms with E-state index in [-0.39, 0.29) is 0 Å². The summed E-state index contributed by atoms with van der Waals surface area (Å²) in [6, 6.07) is 0. The van der Waals surface area contributed by atoms with Gasteiger partial charge in [-0.1, -0.05) is 13.8 Å². The van der Waals surface area contributed by atoms with Crippen LogP contribution in [0.1, 0.15) is 58.8 Å². The smallest absolute Gasteiger partial charge is 0.00217 e. The van der Waals surface area contributed by atoms with Gasteiger partial charge in [0.25, 0.3) is 0 Å². The van der Waals surface area contributed by atoms with Crippen molar-refractivity contribution >= 4 is 0 Å². The van der Waals surface area contributed by atoms with Crippen LogP contribution in [0, 0.1) is 11.8 Å². The molecule has 1 nitrogen and oxygen atoms in total. The predicted molar refractivity (Wildman–Crippen MR) is 67.9 cm³/mol. The van der Waals surface area contributed by atoms with Gasteiger partial charge in [-0.3, -0.25) is 0 Å². The molecule has 0 aliphatic heterocycles. The summed E-state index contributed by atoms with van der Waals surface area (Å²) in [5.41, 5.74) is 0. The Hall–Kier alpha value is -0.0400. The van der Waals surface area contributed by atoms with Crippen LogP contribution in [0.2, 0.25) is 0 Å². The van der Waals surface area contributed by atoms with Crippen molar-refractivity contribution in [2.75, 3.05) is 20.1 Å². The number of hydrogen-bond acceptors (Lipinski definition) is 1. The Balaban J connectivity index is 2.00. The average molecular weight is 210 g/mol. The quantitative estimate of drug-likeness (QED) is 0.643. The molecule has 1 saturated carbocycles. The van der Waals surface area contributed by atoms with Crippen LogP contribution in [0.15, 0.2) is 0 Å². The molecule has 89 valence electrons. The van der Waals surface area contributed by atoms with Gasteiger partial charge in [0.15, 0.2) is 0 Å². The Labute approximate surface area is 96.2 Å². The third-order valence-corrected chi connectivity index (χ3v) is 3.72. The molecule has 1 fully saturated rings. The molecule has 0 heterocycles. The highest BCUT2D eigenvalue weighted by molar-refractivity contribution is 4.89. The minimum absolute atomic E-state index is 1.03. The SMILES string of the molecule is CCCN(C)CCCC1CC[C](C)CC1. The first-order valence-corrected chi connectivity index (χ1v) is 6.72. The fourth-order valence-corrected chi connectivity index (χ4v) is 2.60. The molecule has 0 spiro atoms. The van der Waals surface area contributed by atoms with E-state index in [1.54, 1.807) is 5.92 Å². The molecule has 0 N–H and O–H groups in total. The second-order valence-electron chi connectivity index (χ2n) is 5.35. The molecule has 15 heavy (non-hydrogen) atoms. The summed E-state index contributed by atoms with van der Waals surface area (Å²) in [6.07, 6.45) is 9.87. The van der Waals surface area contributed by atoms with Gasteiger partial charge in [-0.25, -0.2) is 0 Å². The first-order valence-electron chi connectivity index (χ1n) is 6.72. The van der Waals surface area contributed by atoms with Gasteiger partial charge in [0.2, 0.25) is 0 Å². The summed E-state index contributed by atoms with van der Waals surface area (Å²) in [5.74, 6) is 2.76. The third-order valence-electron chi connectivity index (χ3n) is 3.72. The fourth-order valence-electron chi connectivity index (χ4n) is 2.60. The molecule has 0 aromatic rings. The fraction of sp³-hybridized carbons (Fsp3) is 0.929. The lowest BCUT2D eigenvalue weighted by Gasteiger charge is -2.26. The van der Waals surface area contributed by atoms with E-state index in [4.69, 9.17) is 0 Å². The van der Waals surface area contributed by atoms with Gasteiger partial charge >= 0.3 is 0 Å². The lowest BCUT2D eigenvalue weighted by atomic mass is 9.81. The van der Waals surface area contributed by atoms with E-state index in [9.17, 15) is 0 Å². The lowest BCUT2D eigenvalue weighted by molar-refractivity contribution is 0.291. The Morgan fingerprint density at radius 2 is 1.87 bits per heavy atom. The largest absolute Gasteiger partial charge is 0.306 e. The van der Waals surface area contributed by atoms with E-state index in [1.807, 2.05) is 0 Å². The van der Waals surface area contributed by atoms with Crippen LogP contribution in [0.4, 0.5) is 0 Å². The zero-order valence-corrected chi connectivity index (χ0v) is 10.9. The van der Waals surface area contributed by atoms with E-state index < -0.39 is 0 Å². The van der Waals surface area contributed by atoms with E-state index in [2.05, 4.69) is 25.8 Å². The second kappa shape index (κ2) is 7.27. The average Bonchev–Trinajstić information content (AvgIpc) is 2.21. The number of rotatable bonds is 6. The van der Waals surface area contributed by atoms with Gasteiger partial charge < -0.3 is 4.90 Å². The minimum atomic E-state index is 1.03. The monoisotopic (exact) mass is 210 g/mol. The molecule has 0 aromatic heterocycles. The first-order chi connectivity index (χ1) is 7.22. The summed E-state index contributed by atoms with van der Waals surface area (Å²) < 4.78 is 0. The lowest BCUT2D eigenvalue weighted by Crippen LogP contribution is -2.21. The van der Waals surface area contributed by atoms with Gasteiger partial charge in [0.1, 0.15) is 0 Å². The van der Waals surface area contributed by atoms with Crippen LogP contribution in [-0.4, -0.2) is 25.0 Å². The van der Waals surface area contributed by atoms with Crippen molar-refractivity contribution < 1.29 is 0 Å². The van der Waals surface area contributed by atoms with E-state index in [0.717, 1.165) is 5.92 Å².